The second-order valence-corrected chi connectivity index (χ2v) is 5.82. The van der Waals surface area contributed by atoms with E-state index in [1.165, 1.54) is 11.3 Å². The van der Waals surface area contributed by atoms with Crippen molar-refractivity contribution in [3.63, 3.8) is 0 Å². The van der Waals surface area contributed by atoms with Gasteiger partial charge in [-0.1, -0.05) is 0 Å². The molecule has 1 saturated heterocycles. The Morgan fingerprint density at radius 1 is 1.29 bits per heavy atom. The highest BCUT2D eigenvalue weighted by Gasteiger charge is 2.31. The van der Waals surface area contributed by atoms with Crippen LogP contribution in [0.25, 0.3) is 10.6 Å². The van der Waals surface area contributed by atoms with E-state index in [1.807, 2.05) is 6.07 Å². The van der Waals surface area contributed by atoms with E-state index in [4.69, 9.17) is 18.9 Å². The van der Waals surface area contributed by atoms with Crippen LogP contribution >= 0.6 is 11.3 Å². The van der Waals surface area contributed by atoms with E-state index in [2.05, 4.69) is 4.98 Å². The first kappa shape index (κ1) is 16.3. The van der Waals surface area contributed by atoms with Gasteiger partial charge in [0.15, 0.2) is 17.2 Å². The first-order chi connectivity index (χ1) is 11.6. The van der Waals surface area contributed by atoms with Crippen LogP contribution in [0.4, 0.5) is 0 Å². The van der Waals surface area contributed by atoms with Gasteiger partial charge in [0.1, 0.15) is 5.01 Å². The Kier molecular flexibility index (Phi) is 4.66. The Labute approximate surface area is 142 Å². The molecule has 0 saturated carbocycles. The summed E-state index contributed by atoms with van der Waals surface area (Å²) in [6.07, 6.45) is -0.471. The number of thiazole rings is 1. The molecule has 7 nitrogen and oxygen atoms in total. The normalized spacial score (nSPS) is 16.6. The molecule has 0 aliphatic carbocycles. The van der Waals surface area contributed by atoms with Crippen molar-refractivity contribution in [1.29, 1.82) is 0 Å². The lowest BCUT2D eigenvalue weighted by molar-refractivity contribution is -0.145. The summed E-state index contributed by atoms with van der Waals surface area (Å²) in [5.74, 6) is 0.0285. The summed E-state index contributed by atoms with van der Waals surface area (Å²) < 4.78 is 20.3. The third-order valence-electron chi connectivity index (χ3n) is 3.48. The molecule has 1 atom stereocenters. The van der Waals surface area contributed by atoms with Crippen LogP contribution in [0.5, 0.6) is 11.5 Å². The largest absolute Gasteiger partial charge is 0.493 e. The quantitative estimate of drug-likeness (QED) is 0.766. The van der Waals surface area contributed by atoms with Gasteiger partial charge in [0.2, 0.25) is 6.10 Å². The zero-order valence-electron chi connectivity index (χ0n) is 13.1. The van der Waals surface area contributed by atoms with Crippen molar-refractivity contribution in [1.82, 2.24) is 4.98 Å². The number of cyclic esters (lactones) is 1. The fourth-order valence-corrected chi connectivity index (χ4v) is 3.03. The summed E-state index contributed by atoms with van der Waals surface area (Å²) >= 11 is 1.30. The average Bonchev–Trinajstić information content (AvgIpc) is 3.24. The molecule has 24 heavy (non-hydrogen) atoms. The molecular weight excluding hydrogens is 334 g/mol. The van der Waals surface area contributed by atoms with Crippen LogP contribution in [0.2, 0.25) is 0 Å². The zero-order chi connectivity index (χ0) is 17.1. The topological polar surface area (TPSA) is 84.0 Å². The monoisotopic (exact) mass is 349 g/mol. The van der Waals surface area contributed by atoms with Crippen LogP contribution < -0.4 is 9.47 Å². The third-order valence-corrected chi connectivity index (χ3v) is 4.37. The molecule has 1 fully saturated rings. The van der Waals surface area contributed by atoms with E-state index in [0.717, 1.165) is 5.56 Å². The third kappa shape index (κ3) is 3.18. The predicted molar refractivity (Wildman–Crippen MR) is 85.4 cm³/mol. The highest BCUT2D eigenvalue weighted by Crippen LogP contribution is 2.33. The van der Waals surface area contributed by atoms with Gasteiger partial charge < -0.3 is 18.9 Å². The molecule has 1 aliphatic heterocycles. The molecule has 0 radical (unpaired) electrons. The van der Waals surface area contributed by atoms with Crippen molar-refractivity contribution >= 4 is 23.3 Å². The number of benzene rings is 1. The number of ether oxygens (including phenoxy) is 4. The lowest BCUT2D eigenvalue weighted by atomic mass is 10.2. The van der Waals surface area contributed by atoms with Crippen molar-refractivity contribution in [2.45, 2.75) is 12.5 Å². The standard InChI is InChI=1S/C16H15NO6S/c1-20-11-4-3-9(7-13(11)21-2)14-17-10(8-24-14)15(18)23-12-5-6-22-16(12)19/h3-4,7-8,12H,5-6H2,1-2H3/t12-/m1/s1. The average molecular weight is 349 g/mol. The second kappa shape index (κ2) is 6.88. The first-order valence-corrected chi connectivity index (χ1v) is 8.06. The number of methoxy groups -OCH3 is 2. The Bertz CT molecular complexity index is 772. The summed E-state index contributed by atoms with van der Waals surface area (Å²) in [6, 6.07) is 5.37. The highest BCUT2D eigenvalue weighted by atomic mass is 32.1. The highest BCUT2D eigenvalue weighted by molar-refractivity contribution is 7.13. The second-order valence-electron chi connectivity index (χ2n) is 4.96. The van der Waals surface area contributed by atoms with E-state index in [0.29, 0.717) is 22.9 Å². The number of carbonyl (C=O) groups is 2. The van der Waals surface area contributed by atoms with Crippen molar-refractivity contribution < 1.29 is 28.5 Å². The van der Waals surface area contributed by atoms with Gasteiger partial charge in [-0.05, 0) is 18.2 Å². The fraction of sp³-hybridized carbons (Fsp3) is 0.312. The van der Waals surface area contributed by atoms with Crippen molar-refractivity contribution in [2.75, 3.05) is 20.8 Å². The fourth-order valence-electron chi connectivity index (χ4n) is 2.24. The summed E-state index contributed by atoms with van der Waals surface area (Å²) in [6.45, 7) is 0.269. The van der Waals surface area contributed by atoms with Gasteiger partial charge in [-0.25, -0.2) is 14.6 Å². The maximum Gasteiger partial charge on any atom is 0.358 e. The maximum absolute atomic E-state index is 12.1. The van der Waals surface area contributed by atoms with E-state index in [1.54, 1.807) is 31.7 Å². The number of aromatic nitrogens is 1. The summed E-state index contributed by atoms with van der Waals surface area (Å²) in [4.78, 5) is 27.7. The number of hydrogen-bond acceptors (Lipinski definition) is 8. The van der Waals surface area contributed by atoms with E-state index in [9.17, 15) is 9.59 Å². The molecule has 1 aromatic heterocycles. The van der Waals surface area contributed by atoms with Gasteiger partial charge in [0, 0.05) is 17.4 Å². The van der Waals surface area contributed by atoms with E-state index in [-0.39, 0.29) is 12.3 Å². The molecule has 0 N–H and O–H groups in total. The van der Waals surface area contributed by atoms with E-state index < -0.39 is 18.0 Å². The Morgan fingerprint density at radius 3 is 2.75 bits per heavy atom. The molecule has 1 aromatic carbocycles. The predicted octanol–water partition coefficient (Wildman–Crippen LogP) is 2.30. The SMILES string of the molecule is COc1ccc(-c2nc(C(=O)O[C@@H]3CCOC3=O)cs2)cc1OC. The van der Waals surface area contributed by atoms with Crippen LogP contribution in [0.1, 0.15) is 16.9 Å². The van der Waals surface area contributed by atoms with Gasteiger partial charge >= 0.3 is 11.9 Å². The Balaban J connectivity index is 1.77. The molecule has 126 valence electrons. The minimum atomic E-state index is -0.844. The van der Waals surface area contributed by atoms with E-state index >= 15 is 0 Å². The maximum atomic E-state index is 12.1. The van der Waals surface area contributed by atoms with Gasteiger partial charge in [0.25, 0.3) is 0 Å². The summed E-state index contributed by atoms with van der Waals surface area (Å²) in [5, 5.41) is 2.23. The molecule has 0 unspecified atom stereocenters. The smallest absolute Gasteiger partial charge is 0.358 e. The number of rotatable bonds is 5. The molecule has 3 rings (SSSR count). The molecule has 2 aromatic rings. The number of carbonyl (C=O) groups excluding carboxylic acids is 2. The molecule has 0 amide bonds. The molecule has 2 heterocycles. The van der Waals surface area contributed by atoms with Crippen LogP contribution in [-0.2, 0) is 14.3 Å². The van der Waals surface area contributed by atoms with Crippen molar-refractivity contribution in [3.8, 4) is 22.1 Å². The Morgan fingerprint density at radius 2 is 2.08 bits per heavy atom. The minimum absolute atomic E-state index is 0.157. The van der Waals surface area contributed by atoms with Crippen LogP contribution in [-0.4, -0.2) is 43.9 Å². The van der Waals surface area contributed by atoms with Gasteiger partial charge in [0.05, 0.1) is 20.8 Å². The molecule has 1 aliphatic rings. The van der Waals surface area contributed by atoms with Gasteiger partial charge in [-0.15, -0.1) is 11.3 Å². The van der Waals surface area contributed by atoms with Crippen LogP contribution in [0.3, 0.4) is 0 Å². The lowest BCUT2D eigenvalue weighted by Crippen LogP contribution is -2.22. The van der Waals surface area contributed by atoms with Gasteiger partial charge in [-0.3, -0.25) is 0 Å². The number of esters is 2. The summed E-state index contributed by atoms with van der Waals surface area (Å²) in [7, 11) is 3.11. The number of nitrogens with zero attached hydrogens (tertiary/aromatic N) is 1. The molecule has 8 heteroatoms. The van der Waals surface area contributed by atoms with Crippen molar-refractivity contribution in [2.24, 2.45) is 0 Å². The Hall–Kier alpha value is -2.61. The molecule has 0 spiro atoms. The molecule has 0 bridgehead atoms. The number of hydrogen-bond donors (Lipinski definition) is 0. The molecular formula is C16H15NO6S. The minimum Gasteiger partial charge on any atom is -0.493 e. The van der Waals surface area contributed by atoms with Crippen LogP contribution in [0, 0.1) is 0 Å². The first-order valence-electron chi connectivity index (χ1n) is 7.18. The zero-order valence-corrected chi connectivity index (χ0v) is 13.9. The lowest BCUT2D eigenvalue weighted by Gasteiger charge is -2.08. The van der Waals surface area contributed by atoms with Crippen molar-refractivity contribution in [3.05, 3.63) is 29.3 Å². The van der Waals surface area contributed by atoms with Gasteiger partial charge in [-0.2, -0.15) is 0 Å². The summed E-state index contributed by atoms with van der Waals surface area (Å²) in [5.41, 5.74) is 0.946. The van der Waals surface area contributed by atoms with Crippen LogP contribution in [0.15, 0.2) is 23.6 Å².